The Bertz CT molecular complexity index is 594. The minimum atomic E-state index is -0.336. The van der Waals surface area contributed by atoms with Crippen LogP contribution in [0, 0.1) is 0 Å². The fourth-order valence-electron chi connectivity index (χ4n) is 1.72. The van der Waals surface area contributed by atoms with Crippen molar-refractivity contribution in [1.82, 2.24) is 10.6 Å². The van der Waals surface area contributed by atoms with Crippen molar-refractivity contribution < 1.29 is 14.0 Å². The largest absolute Gasteiger partial charge is 0.472 e. The van der Waals surface area contributed by atoms with Crippen LogP contribution in [0.5, 0.6) is 0 Å². The maximum atomic E-state index is 11.6. The van der Waals surface area contributed by atoms with Crippen molar-refractivity contribution in [3.8, 4) is 0 Å². The average molecular weight is 307 g/mol. The number of hydrogen-bond donors (Lipinski definition) is 2. The van der Waals surface area contributed by atoms with E-state index in [1.165, 1.54) is 18.6 Å². The van der Waals surface area contributed by atoms with E-state index in [4.69, 9.17) is 16.0 Å². The summed E-state index contributed by atoms with van der Waals surface area (Å²) in [7, 11) is 0. The molecule has 2 rings (SSSR count). The van der Waals surface area contributed by atoms with Crippen LogP contribution in [0.25, 0.3) is 0 Å². The molecule has 0 aliphatic carbocycles. The van der Waals surface area contributed by atoms with Crippen LogP contribution >= 0.6 is 11.6 Å². The Kier molecular flexibility index (Phi) is 5.40. The van der Waals surface area contributed by atoms with Crippen molar-refractivity contribution in [1.29, 1.82) is 0 Å². The summed E-state index contributed by atoms with van der Waals surface area (Å²) in [5.74, 6) is -0.572. The quantitative estimate of drug-likeness (QED) is 0.857. The van der Waals surface area contributed by atoms with Crippen LogP contribution in [-0.2, 0) is 11.2 Å². The molecule has 0 aliphatic rings. The van der Waals surface area contributed by atoms with E-state index in [9.17, 15) is 9.59 Å². The second kappa shape index (κ2) is 7.50. The van der Waals surface area contributed by atoms with Gasteiger partial charge in [0.05, 0.1) is 18.4 Å². The SMILES string of the molecule is O=C(CNC(=O)c1ccoc1)NCCc1ccc(Cl)cc1. The standard InChI is InChI=1S/C15H15ClN2O3/c16-13-3-1-11(2-4-13)5-7-17-14(19)9-18-15(20)12-6-8-21-10-12/h1-4,6,8,10H,5,7,9H2,(H,17,19)(H,18,20). The third-order valence-corrected chi connectivity index (χ3v) is 3.09. The van der Waals surface area contributed by atoms with Crippen molar-refractivity contribution in [2.24, 2.45) is 0 Å². The van der Waals surface area contributed by atoms with Gasteiger partial charge < -0.3 is 15.1 Å². The molecule has 110 valence electrons. The first-order valence-electron chi connectivity index (χ1n) is 6.46. The lowest BCUT2D eigenvalue weighted by Crippen LogP contribution is -2.37. The molecule has 0 bridgehead atoms. The minimum Gasteiger partial charge on any atom is -0.472 e. The molecule has 1 aromatic carbocycles. The Balaban J connectivity index is 1.66. The van der Waals surface area contributed by atoms with Crippen LogP contribution in [0.2, 0.25) is 5.02 Å². The van der Waals surface area contributed by atoms with Crippen molar-refractivity contribution in [2.75, 3.05) is 13.1 Å². The van der Waals surface area contributed by atoms with Gasteiger partial charge in [-0.15, -0.1) is 0 Å². The van der Waals surface area contributed by atoms with Gasteiger partial charge in [-0.25, -0.2) is 0 Å². The molecule has 2 amide bonds. The highest BCUT2D eigenvalue weighted by Crippen LogP contribution is 2.09. The van der Waals surface area contributed by atoms with Crippen LogP contribution in [0.1, 0.15) is 15.9 Å². The van der Waals surface area contributed by atoms with Gasteiger partial charge in [0, 0.05) is 11.6 Å². The van der Waals surface area contributed by atoms with E-state index in [-0.39, 0.29) is 18.4 Å². The molecule has 0 unspecified atom stereocenters. The summed E-state index contributed by atoms with van der Waals surface area (Å²) in [4.78, 5) is 23.2. The summed E-state index contributed by atoms with van der Waals surface area (Å²) in [6, 6.07) is 8.98. The van der Waals surface area contributed by atoms with E-state index < -0.39 is 0 Å². The number of furan rings is 1. The number of carbonyl (C=O) groups is 2. The summed E-state index contributed by atoms with van der Waals surface area (Å²) in [6.07, 6.45) is 3.44. The Hall–Kier alpha value is -2.27. The average Bonchev–Trinajstić information content (AvgIpc) is 3.01. The molecule has 21 heavy (non-hydrogen) atoms. The van der Waals surface area contributed by atoms with Gasteiger partial charge in [-0.05, 0) is 30.2 Å². The molecule has 1 aromatic heterocycles. The summed E-state index contributed by atoms with van der Waals surface area (Å²) >= 11 is 5.79. The third kappa shape index (κ3) is 4.96. The van der Waals surface area contributed by atoms with Crippen LogP contribution in [-0.4, -0.2) is 24.9 Å². The van der Waals surface area contributed by atoms with Crippen LogP contribution < -0.4 is 10.6 Å². The molecule has 0 saturated carbocycles. The van der Waals surface area contributed by atoms with Crippen LogP contribution in [0.15, 0.2) is 47.3 Å². The normalized spacial score (nSPS) is 10.1. The smallest absolute Gasteiger partial charge is 0.254 e. The number of amides is 2. The molecule has 2 aromatic rings. The van der Waals surface area contributed by atoms with E-state index in [0.717, 1.165) is 5.56 Å². The third-order valence-electron chi connectivity index (χ3n) is 2.84. The first-order valence-corrected chi connectivity index (χ1v) is 6.84. The van der Waals surface area contributed by atoms with Gasteiger partial charge in [-0.3, -0.25) is 9.59 Å². The van der Waals surface area contributed by atoms with E-state index in [1.807, 2.05) is 24.3 Å². The fraction of sp³-hybridized carbons (Fsp3) is 0.200. The van der Waals surface area contributed by atoms with E-state index in [2.05, 4.69) is 10.6 Å². The molecule has 0 radical (unpaired) electrons. The molecule has 0 aliphatic heterocycles. The highest BCUT2D eigenvalue weighted by Gasteiger charge is 2.08. The zero-order chi connectivity index (χ0) is 15.1. The summed E-state index contributed by atoms with van der Waals surface area (Å²) in [5.41, 5.74) is 1.48. The molecule has 2 N–H and O–H groups in total. The Morgan fingerprint density at radius 1 is 1.10 bits per heavy atom. The zero-order valence-corrected chi connectivity index (χ0v) is 12.0. The Morgan fingerprint density at radius 3 is 2.52 bits per heavy atom. The molecule has 0 atom stereocenters. The predicted octanol–water partition coefficient (Wildman–Crippen LogP) is 2.02. The van der Waals surface area contributed by atoms with Crippen LogP contribution in [0.4, 0.5) is 0 Å². The molecule has 1 heterocycles. The molecular weight excluding hydrogens is 292 g/mol. The predicted molar refractivity (Wildman–Crippen MR) is 79.2 cm³/mol. The highest BCUT2D eigenvalue weighted by atomic mass is 35.5. The first kappa shape index (κ1) is 15.1. The number of carbonyl (C=O) groups excluding carboxylic acids is 2. The number of benzene rings is 1. The summed E-state index contributed by atoms with van der Waals surface area (Å²) in [6.45, 7) is 0.437. The van der Waals surface area contributed by atoms with Crippen molar-refractivity contribution in [3.05, 3.63) is 59.0 Å². The van der Waals surface area contributed by atoms with Gasteiger partial charge in [-0.1, -0.05) is 23.7 Å². The van der Waals surface area contributed by atoms with Crippen LogP contribution in [0.3, 0.4) is 0 Å². The summed E-state index contributed by atoms with van der Waals surface area (Å²) in [5, 5.41) is 5.93. The van der Waals surface area contributed by atoms with Gasteiger partial charge in [0.25, 0.3) is 5.91 Å². The topological polar surface area (TPSA) is 71.3 Å². The number of halogens is 1. The molecule has 0 spiro atoms. The first-order chi connectivity index (χ1) is 10.1. The minimum absolute atomic E-state index is 0.0649. The second-order valence-corrected chi connectivity index (χ2v) is 4.86. The Labute approximate surface area is 127 Å². The van der Waals surface area contributed by atoms with Gasteiger partial charge in [-0.2, -0.15) is 0 Å². The zero-order valence-electron chi connectivity index (χ0n) is 11.3. The fourth-order valence-corrected chi connectivity index (χ4v) is 1.84. The van der Waals surface area contributed by atoms with E-state index >= 15 is 0 Å². The van der Waals surface area contributed by atoms with E-state index in [1.54, 1.807) is 0 Å². The van der Waals surface area contributed by atoms with Gasteiger partial charge >= 0.3 is 0 Å². The monoisotopic (exact) mass is 306 g/mol. The second-order valence-electron chi connectivity index (χ2n) is 4.42. The number of nitrogens with one attached hydrogen (secondary N) is 2. The van der Waals surface area contributed by atoms with Gasteiger partial charge in [0.2, 0.25) is 5.91 Å². The number of rotatable bonds is 6. The van der Waals surface area contributed by atoms with Crippen molar-refractivity contribution in [3.63, 3.8) is 0 Å². The summed E-state index contributed by atoms with van der Waals surface area (Å²) < 4.78 is 4.79. The van der Waals surface area contributed by atoms with Crippen molar-refractivity contribution >= 4 is 23.4 Å². The maximum Gasteiger partial charge on any atom is 0.254 e. The van der Waals surface area contributed by atoms with E-state index in [0.29, 0.717) is 23.6 Å². The molecule has 5 nitrogen and oxygen atoms in total. The highest BCUT2D eigenvalue weighted by molar-refractivity contribution is 6.30. The number of hydrogen-bond acceptors (Lipinski definition) is 3. The van der Waals surface area contributed by atoms with Crippen molar-refractivity contribution in [2.45, 2.75) is 6.42 Å². The molecular formula is C15H15ClN2O3. The lowest BCUT2D eigenvalue weighted by atomic mass is 10.1. The maximum absolute atomic E-state index is 11.6. The van der Waals surface area contributed by atoms with Gasteiger partial charge in [0.15, 0.2) is 0 Å². The van der Waals surface area contributed by atoms with Gasteiger partial charge in [0.1, 0.15) is 6.26 Å². The molecule has 0 saturated heterocycles. The Morgan fingerprint density at radius 2 is 1.86 bits per heavy atom. The lowest BCUT2D eigenvalue weighted by Gasteiger charge is -2.06. The lowest BCUT2D eigenvalue weighted by molar-refractivity contribution is -0.120. The molecule has 0 fully saturated rings. The molecule has 6 heteroatoms.